The average Bonchev–Trinajstić information content (AvgIpc) is 2.56. The maximum atomic E-state index is 11.3. The van der Waals surface area contributed by atoms with E-state index in [1.54, 1.807) is 6.92 Å². The van der Waals surface area contributed by atoms with Crippen molar-refractivity contribution in [2.45, 2.75) is 13.5 Å². The Bertz CT molecular complexity index is 488. The molecule has 0 bridgehead atoms. The topological polar surface area (TPSA) is 73.8 Å². The summed E-state index contributed by atoms with van der Waals surface area (Å²) in [7, 11) is 0. The van der Waals surface area contributed by atoms with E-state index in [1.165, 1.54) is 23.2 Å². The van der Waals surface area contributed by atoms with Crippen LogP contribution >= 0.6 is 0 Å². The standard InChI is InChI=1S/C8H8N4O2/c1-6-10-7(11-14-6)4-12-5-9-3-2-8(12)13/h2-3,5H,4H2,1H3. The second-order valence-electron chi connectivity index (χ2n) is 2.78. The second kappa shape index (κ2) is 3.41. The third-order valence-electron chi connectivity index (χ3n) is 1.67. The van der Waals surface area contributed by atoms with Crippen LogP contribution in [-0.2, 0) is 6.54 Å². The molecule has 72 valence electrons. The Labute approximate surface area is 79.2 Å². The summed E-state index contributed by atoms with van der Waals surface area (Å²) in [5, 5.41) is 3.68. The van der Waals surface area contributed by atoms with E-state index in [9.17, 15) is 4.79 Å². The largest absolute Gasteiger partial charge is 0.340 e. The highest BCUT2D eigenvalue weighted by Crippen LogP contribution is 1.95. The lowest BCUT2D eigenvalue weighted by Gasteiger charge is -1.98. The zero-order valence-electron chi connectivity index (χ0n) is 7.54. The van der Waals surface area contributed by atoms with Crippen molar-refractivity contribution in [3.63, 3.8) is 0 Å². The van der Waals surface area contributed by atoms with Gasteiger partial charge in [0.25, 0.3) is 5.56 Å². The second-order valence-corrected chi connectivity index (χ2v) is 2.78. The maximum absolute atomic E-state index is 11.3. The van der Waals surface area contributed by atoms with E-state index in [0.717, 1.165) is 0 Å². The summed E-state index contributed by atoms with van der Waals surface area (Å²) in [6.45, 7) is 1.98. The van der Waals surface area contributed by atoms with Crippen molar-refractivity contribution in [2.24, 2.45) is 0 Å². The minimum atomic E-state index is -0.137. The molecule has 0 radical (unpaired) electrons. The molecule has 0 saturated carbocycles. The van der Waals surface area contributed by atoms with Gasteiger partial charge in [0.15, 0.2) is 5.82 Å². The Kier molecular flexibility index (Phi) is 2.10. The molecule has 0 unspecified atom stereocenters. The van der Waals surface area contributed by atoms with Crippen molar-refractivity contribution < 1.29 is 4.52 Å². The Balaban J connectivity index is 2.27. The smallest absolute Gasteiger partial charge is 0.253 e. The quantitative estimate of drug-likeness (QED) is 0.668. The zero-order chi connectivity index (χ0) is 9.97. The summed E-state index contributed by atoms with van der Waals surface area (Å²) in [5.41, 5.74) is -0.137. The first-order valence-corrected chi connectivity index (χ1v) is 4.05. The maximum Gasteiger partial charge on any atom is 0.253 e. The van der Waals surface area contributed by atoms with Gasteiger partial charge in [-0.1, -0.05) is 5.16 Å². The molecule has 0 N–H and O–H groups in total. The van der Waals surface area contributed by atoms with Gasteiger partial charge in [0.2, 0.25) is 5.89 Å². The summed E-state index contributed by atoms with van der Waals surface area (Å²) in [4.78, 5) is 19.1. The number of hydrogen-bond acceptors (Lipinski definition) is 5. The van der Waals surface area contributed by atoms with Crippen molar-refractivity contribution in [1.82, 2.24) is 19.7 Å². The van der Waals surface area contributed by atoms with Gasteiger partial charge >= 0.3 is 0 Å². The SMILES string of the molecule is Cc1nc(Cn2cnccc2=O)no1. The summed E-state index contributed by atoms with van der Waals surface area (Å²) in [5.74, 6) is 0.953. The van der Waals surface area contributed by atoms with Gasteiger partial charge in [-0.25, -0.2) is 4.98 Å². The molecule has 0 aromatic carbocycles. The number of rotatable bonds is 2. The molecule has 0 aliphatic heterocycles. The van der Waals surface area contributed by atoms with E-state index in [4.69, 9.17) is 4.52 Å². The van der Waals surface area contributed by atoms with Crippen LogP contribution in [0.2, 0.25) is 0 Å². The van der Waals surface area contributed by atoms with Crippen LogP contribution in [0.25, 0.3) is 0 Å². The molecule has 0 atom stereocenters. The highest BCUT2D eigenvalue weighted by molar-refractivity contribution is 4.89. The van der Waals surface area contributed by atoms with E-state index >= 15 is 0 Å². The summed E-state index contributed by atoms with van der Waals surface area (Å²) in [6.07, 6.45) is 2.88. The predicted octanol–water partition coefficient (Wildman–Crippen LogP) is -0.0170. The zero-order valence-corrected chi connectivity index (χ0v) is 7.54. The molecule has 2 heterocycles. The van der Waals surface area contributed by atoms with Crippen LogP contribution in [0.1, 0.15) is 11.7 Å². The predicted molar refractivity (Wildman–Crippen MR) is 46.6 cm³/mol. The fourth-order valence-corrected chi connectivity index (χ4v) is 1.06. The van der Waals surface area contributed by atoms with E-state index < -0.39 is 0 Å². The van der Waals surface area contributed by atoms with Gasteiger partial charge in [-0.3, -0.25) is 9.36 Å². The summed E-state index contributed by atoms with van der Waals surface area (Å²) in [6, 6.07) is 1.38. The van der Waals surface area contributed by atoms with Gasteiger partial charge < -0.3 is 4.52 Å². The summed E-state index contributed by atoms with van der Waals surface area (Å²) >= 11 is 0. The van der Waals surface area contributed by atoms with Crippen LogP contribution in [0.5, 0.6) is 0 Å². The van der Waals surface area contributed by atoms with Gasteiger partial charge in [0.1, 0.15) is 0 Å². The molecule has 14 heavy (non-hydrogen) atoms. The monoisotopic (exact) mass is 192 g/mol. The first kappa shape index (κ1) is 8.61. The lowest BCUT2D eigenvalue weighted by Crippen LogP contribution is -2.19. The molecule has 0 saturated heterocycles. The number of hydrogen-bond donors (Lipinski definition) is 0. The molecular formula is C8H8N4O2. The molecule has 6 nitrogen and oxygen atoms in total. The third-order valence-corrected chi connectivity index (χ3v) is 1.67. The molecule has 0 amide bonds. The van der Waals surface area contributed by atoms with E-state index in [0.29, 0.717) is 11.7 Å². The lowest BCUT2D eigenvalue weighted by molar-refractivity contribution is 0.385. The van der Waals surface area contributed by atoms with Crippen LogP contribution in [0.4, 0.5) is 0 Å². The first-order valence-electron chi connectivity index (χ1n) is 4.05. The molecule has 0 aliphatic carbocycles. The molecule has 0 spiro atoms. The van der Waals surface area contributed by atoms with Crippen molar-refractivity contribution in [2.75, 3.05) is 0 Å². The lowest BCUT2D eigenvalue weighted by atomic mass is 10.5. The normalized spacial score (nSPS) is 10.4. The van der Waals surface area contributed by atoms with Crippen LogP contribution < -0.4 is 5.56 Å². The number of aromatic nitrogens is 4. The fourth-order valence-electron chi connectivity index (χ4n) is 1.06. The van der Waals surface area contributed by atoms with Gasteiger partial charge in [-0.15, -0.1) is 0 Å². The highest BCUT2D eigenvalue weighted by Gasteiger charge is 2.03. The van der Waals surface area contributed by atoms with Crippen molar-refractivity contribution in [3.05, 3.63) is 40.7 Å². The third kappa shape index (κ3) is 1.68. The average molecular weight is 192 g/mol. The highest BCUT2D eigenvalue weighted by atomic mass is 16.5. The molecule has 2 rings (SSSR count). The fraction of sp³-hybridized carbons (Fsp3) is 0.250. The van der Waals surface area contributed by atoms with E-state index in [1.807, 2.05) is 0 Å². The van der Waals surface area contributed by atoms with Crippen LogP contribution in [-0.4, -0.2) is 19.7 Å². The number of aryl methyl sites for hydroxylation is 1. The van der Waals surface area contributed by atoms with Crippen LogP contribution in [0.3, 0.4) is 0 Å². The minimum absolute atomic E-state index is 0.137. The molecule has 0 aliphatic rings. The van der Waals surface area contributed by atoms with Gasteiger partial charge in [-0.05, 0) is 0 Å². The van der Waals surface area contributed by atoms with Crippen molar-refractivity contribution >= 4 is 0 Å². The van der Waals surface area contributed by atoms with Gasteiger partial charge in [0.05, 0.1) is 12.9 Å². The van der Waals surface area contributed by atoms with Gasteiger partial charge in [-0.2, -0.15) is 4.98 Å². The molecule has 2 aromatic heterocycles. The first-order chi connectivity index (χ1) is 6.75. The minimum Gasteiger partial charge on any atom is -0.340 e. The van der Waals surface area contributed by atoms with E-state index in [-0.39, 0.29) is 12.1 Å². The molecule has 2 aromatic rings. The molecule has 6 heteroatoms. The van der Waals surface area contributed by atoms with Crippen LogP contribution in [0, 0.1) is 6.92 Å². The van der Waals surface area contributed by atoms with Crippen molar-refractivity contribution in [3.8, 4) is 0 Å². The van der Waals surface area contributed by atoms with Crippen LogP contribution in [0.15, 0.2) is 27.9 Å². The Morgan fingerprint density at radius 1 is 1.57 bits per heavy atom. The number of nitrogens with zero attached hydrogens (tertiary/aromatic N) is 4. The summed E-state index contributed by atoms with van der Waals surface area (Å²) < 4.78 is 6.19. The Hall–Kier alpha value is -1.98. The molecule has 0 fully saturated rings. The van der Waals surface area contributed by atoms with E-state index in [2.05, 4.69) is 15.1 Å². The van der Waals surface area contributed by atoms with Gasteiger partial charge in [0, 0.05) is 19.2 Å². The molecular weight excluding hydrogens is 184 g/mol. The Morgan fingerprint density at radius 2 is 2.43 bits per heavy atom. The Morgan fingerprint density at radius 3 is 3.07 bits per heavy atom. The van der Waals surface area contributed by atoms with Crippen molar-refractivity contribution in [1.29, 1.82) is 0 Å².